The number of nitrogens with zero attached hydrogens (tertiary/aromatic N) is 2. The van der Waals surface area contributed by atoms with E-state index in [2.05, 4.69) is 23.5 Å². The standard InChI is InChI=1S/C10H16ClN3/c1-2-14-7-9(6-13-14)5-12-10(8-11)3-4-10/h6-7,12H,2-5,8H2,1H3. The molecule has 0 bridgehead atoms. The number of aryl methyl sites for hydroxylation is 1. The Labute approximate surface area is 89.4 Å². The molecule has 0 aliphatic heterocycles. The molecule has 0 unspecified atom stereocenters. The van der Waals surface area contributed by atoms with Gasteiger partial charge in [-0.2, -0.15) is 5.10 Å². The van der Waals surface area contributed by atoms with E-state index in [0.29, 0.717) is 0 Å². The van der Waals surface area contributed by atoms with Crippen LogP contribution in [0.3, 0.4) is 0 Å². The van der Waals surface area contributed by atoms with Crippen molar-refractivity contribution in [3.8, 4) is 0 Å². The molecule has 1 aliphatic carbocycles. The smallest absolute Gasteiger partial charge is 0.0534 e. The number of alkyl halides is 1. The van der Waals surface area contributed by atoms with Gasteiger partial charge in [0.25, 0.3) is 0 Å². The first-order valence-electron chi connectivity index (χ1n) is 5.10. The maximum absolute atomic E-state index is 5.87. The molecule has 2 rings (SSSR count). The van der Waals surface area contributed by atoms with E-state index in [0.717, 1.165) is 19.0 Å². The fourth-order valence-corrected chi connectivity index (χ4v) is 1.83. The van der Waals surface area contributed by atoms with E-state index in [1.807, 2.05) is 10.9 Å². The van der Waals surface area contributed by atoms with E-state index in [9.17, 15) is 0 Å². The number of hydrogen-bond acceptors (Lipinski definition) is 2. The molecule has 78 valence electrons. The van der Waals surface area contributed by atoms with E-state index >= 15 is 0 Å². The average Bonchev–Trinajstić information content (AvgIpc) is 2.86. The molecule has 0 amide bonds. The molecule has 1 fully saturated rings. The molecule has 0 radical (unpaired) electrons. The SMILES string of the molecule is CCn1cc(CNC2(CCl)CC2)cn1. The molecule has 0 saturated heterocycles. The number of hydrogen-bond donors (Lipinski definition) is 1. The Kier molecular flexibility index (Phi) is 2.79. The van der Waals surface area contributed by atoms with Gasteiger partial charge in [-0.15, -0.1) is 11.6 Å². The molecule has 0 aromatic carbocycles. The van der Waals surface area contributed by atoms with Crippen molar-refractivity contribution in [2.24, 2.45) is 0 Å². The highest BCUT2D eigenvalue weighted by molar-refractivity contribution is 6.18. The van der Waals surface area contributed by atoms with E-state index in [1.54, 1.807) is 0 Å². The van der Waals surface area contributed by atoms with Gasteiger partial charge >= 0.3 is 0 Å². The van der Waals surface area contributed by atoms with Crippen molar-refractivity contribution in [3.05, 3.63) is 18.0 Å². The van der Waals surface area contributed by atoms with Gasteiger partial charge in [-0.1, -0.05) is 0 Å². The van der Waals surface area contributed by atoms with Crippen molar-refractivity contribution in [3.63, 3.8) is 0 Å². The number of aromatic nitrogens is 2. The van der Waals surface area contributed by atoms with Crippen LogP contribution in [0.25, 0.3) is 0 Å². The van der Waals surface area contributed by atoms with E-state index in [4.69, 9.17) is 11.6 Å². The number of nitrogens with one attached hydrogen (secondary N) is 1. The Morgan fingerprint density at radius 3 is 2.93 bits per heavy atom. The number of halogens is 1. The van der Waals surface area contributed by atoms with Crippen molar-refractivity contribution in [2.45, 2.75) is 38.4 Å². The fourth-order valence-electron chi connectivity index (χ4n) is 1.47. The molecule has 1 aromatic rings. The van der Waals surface area contributed by atoms with Crippen LogP contribution < -0.4 is 5.32 Å². The third-order valence-electron chi connectivity index (χ3n) is 2.79. The van der Waals surface area contributed by atoms with E-state index < -0.39 is 0 Å². The molecule has 0 atom stereocenters. The summed E-state index contributed by atoms with van der Waals surface area (Å²) < 4.78 is 1.94. The quantitative estimate of drug-likeness (QED) is 0.756. The van der Waals surface area contributed by atoms with Crippen LogP contribution in [-0.2, 0) is 13.1 Å². The van der Waals surface area contributed by atoms with Crippen LogP contribution in [0.2, 0.25) is 0 Å². The van der Waals surface area contributed by atoms with Gasteiger partial charge in [0, 0.05) is 36.3 Å². The van der Waals surface area contributed by atoms with E-state index in [-0.39, 0.29) is 5.54 Å². The largest absolute Gasteiger partial charge is 0.306 e. The van der Waals surface area contributed by atoms with Crippen molar-refractivity contribution >= 4 is 11.6 Å². The molecular weight excluding hydrogens is 198 g/mol. The molecular formula is C10H16ClN3. The van der Waals surface area contributed by atoms with Gasteiger partial charge in [0.15, 0.2) is 0 Å². The van der Waals surface area contributed by atoms with Crippen LogP contribution in [0.15, 0.2) is 12.4 Å². The van der Waals surface area contributed by atoms with Crippen LogP contribution in [0.5, 0.6) is 0 Å². The minimum absolute atomic E-state index is 0.232. The second-order valence-corrected chi connectivity index (χ2v) is 4.24. The molecule has 1 N–H and O–H groups in total. The Morgan fingerprint density at radius 2 is 2.43 bits per heavy atom. The van der Waals surface area contributed by atoms with E-state index in [1.165, 1.54) is 18.4 Å². The predicted octanol–water partition coefficient (Wildman–Crippen LogP) is 1.76. The Balaban J connectivity index is 1.85. The maximum Gasteiger partial charge on any atom is 0.0534 e. The Bertz CT molecular complexity index is 304. The molecule has 3 nitrogen and oxygen atoms in total. The van der Waals surface area contributed by atoms with Crippen molar-refractivity contribution in [2.75, 3.05) is 5.88 Å². The summed E-state index contributed by atoms with van der Waals surface area (Å²) in [6.07, 6.45) is 6.41. The Hall–Kier alpha value is -0.540. The lowest BCUT2D eigenvalue weighted by Gasteiger charge is -2.12. The zero-order chi connectivity index (χ0) is 10.0. The third kappa shape index (κ3) is 2.10. The van der Waals surface area contributed by atoms with Gasteiger partial charge in [0.05, 0.1) is 6.20 Å². The van der Waals surface area contributed by atoms with Crippen LogP contribution >= 0.6 is 11.6 Å². The second-order valence-electron chi connectivity index (χ2n) is 3.97. The topological polar surface area (TPSA) is 29.9 Å². The lowest BCUT2D eigenvalue weighted by Crippen LogP contribution is -2.32. The van der Waals surface area contributed by atoms with Crippen LogP contribution in [0.4, 0.5) is 0 Å². The normalized spacial score (nSPS) is 18.4. The lowest BCUT2D eigenvalue weighted by molar-refractivity contribution is 0.542. The molecule has 1 aromatic heterocycles. The fraction of sp³-hybridized carbons (Fsp3) is 0.700. The summed E-state index contributed by atoms with van der Waals surface area (Å²) in [4.78, 5) is 0. The molecule has 1 saturated carbocycles. The lowest BCUT2D eigenvalue weighted by atomic mass is 10.3. The summed E-state index contributed by atoms with van der Waals surface area (Å²) in [5.41, 5.74) is 1.47. The minimum Gasteiger partial charge on any atom is -0.306 e. The van der Waals surface area contributed by atoms with Gasteiger partial charge in [0.2, 0.25) is 0 Å². The first-order valence-corrected chi connectivity index (χ1v) is 5.64. The summed E-state index contributed by atoms with van der Waals surface area (Å²) in [5.74, 6) is 0.717. The maximum atomic E-state index is 5.87. The van der Waals surface area contributed by atoms with Gasteiger partial charge in [-0.3, -0.25) is 4.68 Å². The zero-order valence-electron chi connectivity index (χ0n) is 8.46. The highest BCUT2D eigenvalue weighted by atomic mass is 35.5. The highest BCUT2D eigenvalue weighted by Gasteiger charge is 2.41. The average molecular weight is 214 g/mol. The summed E-state index contributed by atoms with van der Waals surface area (Å²) in [6.45, 7) is 3.90. The van der Waals surface area contributed by atoms with Gasteiger partial charge in [-0.25, -0.2) is 0 Å². The highest BCUT2D eigenvalue weighted by Crippen LogP contribution is 2.36. The third-order valence-corrected chi connectivity index (χ3v) is 3.30. The van der Waals surface area contributed by atoms with Crippen LogP contribution in [0.1, 0.15) is 25.3 Å². The molecule has 14 heavy (non-hydrogen) atoms. The first kappa shape index (κ1) is 9.99. The van der Waals surface area contributed by atoms with Gasteiger partial charge in [0.1, 0.15) is 0 Å². The summed E-state index contributed by atoms with van der Waals surface area (Å²) in [6, 6.07) is 0. The summed E-state index contributed by atoms with van der Waals surface area (Å²) in [5, 5.41) is 7.71. The van der Waals surface area contributed by atoms with Crippen LogP contribution in [0, 0.1) is 0 Å². The first-order chi connectivity index (χ1) is 6.78. The zero-order valence-corrected chi connectivity index (χ0v) is 9.22. The Morgan fingerprint density at radius 1 is 1.64 bits per heavy atom. The molecule has 4 heteroatoms. The van der Waals surface area contributed by atoms with Crippen molar-refractivity contribution < 1.29 is 0 Å². The van der Waals surface area contributed by atoms with Crippen molar-refractivity contribution in [1.29, 1.82) is 0 Å². The second kappa shape index (κ2) is 3.91. The molecule has 1 aliphatic rings. The summed E-state index contributed by atoms with van der Waals surface area (Å²) in [7, 11) is 0. The molecule has 1 heterocycles. The minimum atomic E-state index is 0.232. The molecule has 0 spiro atoms. The predicted molar refractivity (Wildman–Crippen MR) is 57.4 cm³/mol. The monoisotopic (exact) mass is 213 g/mol. The number of rotatable bonds is 5. The summed E-state index contributed by atoms with van der Waals surface area (Å²) >= 11 is 5.87. The van der Waals surface area contributed by atoms with Gasteiger partial charge in [-0.05, 0) is 19.8 Å². The van der Waals surface area contributed by atoms with Crippen molar-refractivity contribution in [1.82, 2.24) is 15.1 Å². The van der Waals surface area contributed by atoms with Gasteiger partial charge < -0.3 is 5.32 Å². The van der Waals surface area contributed by atoms with Crippen LogP contribution in [-0.4, -0.2) is 21.2 Å².